The Kier molecular flexibility index (Phi) is 4.43. The van der Waals surface area contributed by atoms with Crippen LogP contribution in [0.15, 0.2) is 36.4 Å². The maximum absolute atomic E-state index is 6.34. The van der Waals surface area contributed by atoms with Crippen molar-refractivity contribution in [3.05, 3.63) is 58.4 Å². The van der Waals surface area contributed by atoms with E-state index in [1.165, 1.54) is 15.1 Å². The monoisotopic (exact) mass is 434 g/mol. The minimum atomic E-state index is 0.646. The number of benzene rings is 1. The summed E-state index contributed by atoms with van der Waals surface area (Å²) in [7, 11) is 1.99. The normalized spacial score (nSPS) is 11.5. The zero-order valence-electron chi connectivity index (χ0n) is 13.8. The summed E-state index contributed by atoms with van der Waals surface area (Å²) in [5, 5.41) is 11.9. The summed E-state index contributed by atoms with van der Waals surface area (Å²) in [4.78, 5) is 2.37. The van der Waals surface area contributed by atoms with Crippen LogP contribution in [0, 0.1) is 6.92 Å². The highest BCUT2D eigenvalue weighted by atomic mass is 79.9. The summed E-state index contributed by atoms with van der Waals surface area (Å²) in [6, 6.07) is 12.3. The van der Waals surface area contributed by atoms with Crippen molar-refractivity contribution in [3.63, 3.8) is 0 Å². The number of fused-ring (bicyclic) bond motifs is 1. The van der Waals surface area contributed by atoms with E-state index in [0.29, 0.717) is 6.54 Å². The first-order valence-corrected chi connectivity index (χ1v) is 10.2. The van der Waals surface area contributed by atoms with Crippen LogP contribution in [-0.4, -0.2) is 19.6 Å². The summed E-state index contributed by atoms with van der Waals surface area (Å²) in [6.07, 6.45) is 0. The van der Waals surface area contributed by atoms with E-state index in [-0.39, 0.29) is 0 Å². The lowest BCUT2D eigenvalue weighted by Crippen LogP contribution is -2.04. The van der Waals surface area contributed by atoms with Gasteiger partial charge in [0.2, 0.25) is 0 Å². The Morgan fingerprint density at radius 1 is 1.20 bits per heavy atom. The van der Waals surface area contributed by atoms with E-state index in [9.17, 15) is 0 Å². The fourth-order valence-electron chi connectivity index (χ4n) is 2.97. The molecular formula is C18H16BrClN4S. The van der Waals surface area contributed by atoms with E-state index in [0.717, 1.165) is 33.0 Å². The quantitative estimate of drug-likeness (QED) is 0.402. The fourth-order valence-corrected chi connectivity index (χ4v) is 4.59. The summed E-state index contributed by atoms with van der Waals surface area (Å²) in [6.45, 7) is 2.69. The Hall–Kier alpha value is -1.63. The highest BCUT2D eigenvalue weighted by Gasteiger charge is 2.16. The maximum Gasteiger partial charge on any atom is 0.121 e. The van der Waals surface area contributed by atoms with Gasteiger partial charge in [0, 0.05) is 22.8 Å². The third-order valence-corrected chi connectivity index (χ3v) is 6.36. The van der Waals surface area contributed by atoms with Crippen molar-refractivity contribution in [1.82, 2.24) is 19.6 Å². The molecule has 0 aliphatic carbocycles. The number of nitrogens with zero attached hydrogens (tertiary/aromatic N) is 4. The van der Waals surface area contributed by atoms with Crippen LogP contribution in [0.3, 0.4) is 0 Å². The summed E-state index contributed by atoms with van der Waals surface area (Å²) >= 11 is 11.6. The zero-order chi connectivity index (χ0) is 17.6. The third-order valence-electron chi connectivity index (χ3n) is 4.19. The van der Waals surface area contributed by atoms with Gasteiger partial charge in [0.25, 0.3) is 0 Å². The van der Waals surface area contributed by atoms with E-state index in [1.54, 1.807) is 11.3 Å². The Bertz CT molecular complexity index is 1030. The second-order valence-corrected chi connectivity index (χ2v) is 7.94. The molecule has 0 atom stereocenters. The first kappa shape index (κ1) is 16.8. The minimum Gasteiger partial charge on any atom is -0.259 e. The van der Waals surface area contributed by atoms with Gasteiger partial charge in [0.1, 0.15) is 4.83 Å². The topological polar surface area (TPSA) is 35.6 Å². The highest BCUT2D eigenvalue weighted by molar-refractivity contribution is 9.08. The Morgan fingerprint density at radius 3 is 2.72 bits per heavy atom. The number of hydrogen-bond acceptors (Lipinski definition) is 3. The van der Waals surface area contributed by atoms with E-state index in [2.05, 4.69) is 33.2 Å². The lowest BCUT2D eigenvalue weighted by molar-refractivity contribution is 0.687. The minimum absolute atomic E-state index is 0.646. The summed E-state index contributed by atoms with van der Waals surface area (Å²) in [5.74, 6) is 0. The molecule has 4 nitrogen and oxygen atoms in total. The van der Waals surface area contributed by atoms with Gasteiger partial charge in [-0.25, -0.2) is 0 Å². The number of halogens is 2. The fraction of sp³-hybridized carbons (Fsp3) is 0.222. The van der Waals surface area contributed by atoms with Crippen LogP contribution >= 0.6 is 38.9 Å². The molecule has 0 aliphatic rings. The molecule has 0 fully saturated rings. The van der Waals surface area contributed by atoms with Crippen molar-refractivity contribution < 1.29 is 0 Å². The predicted octanol–water partition coefficient (Wildman–Crippen LogP) is 5.40. The van der Waals surface area contributed by atoms with E-state index < -0.39 is 0 Å². The molecule has 0 unspecified atom stereocenters. The van der Waals surface area contributed by atoms with Crippen molar-refractivity contribution in [1.29, 1.82) is 0 Å². The van der Waals surface area contributed by atoms with Crippen LogP contribution in [-0.2, 0) is 18.9 Å². The van der Waals surface area contributed by atoms with Crippen LogP contribution in [0.25, 0.3) is 20.8 Å². The standard InChI is InChI=1S/C18H16BrClN4S/c1-11-14-8-17(25-18(14)23(2)21-11)16-7-13(9-19)22-24(16)10-12-5-3-4-6-15(12)20/h3-8H,9-10H2,1-2H3. The second-order valence-electron chi connectivity index (χ2n) is 5.94. The van der Waals surface area contributed by atoms with Gasteiger partial charge in [-0.15, -0.1) is 11.3 Å². The van der Waals surface area contributed by atoms with Gasteiger partial charge < -0.3 is 0 Å². The molecule has 0 radical (unpaired) electrons. The molecule has 4 aromatic rings. The van der Waals surface area contributed by atoms with Crippen LogP contribution < -0.4 is 0 Å². The van der Waals surface area contributed by atoms with Crippen molar-refractivity contribution in [3.8, 4) is 10.6 Å². The molecule has 3 aromatic heterocycles. The van der Waals surface area contributed by atoms with Gasteiger partial charge >= 0.3 is 0 Å². The van der Waals surface area contributed by atoms with E-state index in [4.69, 9.17) is 16.7 Å². The molecule has 1 aromatic carbocycles. The lowest BCUT2D eigenvalue weighted by Gasteiger charge is -2.08. The number of aryl methyl sites for hydroxylation is 2. The number of hydrogen-bond donors (Lipinski definition) is 0. The molecule has 3 heterocycles. The number of rotatable bonds is 4. The maximum atomic E-state index is 6.34. The van der Waals surface area contributed by atoms with Gasteiger partial charge in [0.15, 0.2) is 0 Å². The predicted molar refractivity (Wildman–Crippen MR) is 108 cm³/mol. The van der Waals surface area contributed by atoms with E-state index in [1.807, 2.05) is 47.6 Å². The van der Waals surface area contributed by atoms with Gasteiger partial charge in [-0.3, -0.25) is 9.36 Å². The molecule has 0 N–H and O–H groups in total. The van der Waals surface area contributed by atoms with Gasteiger partial charge in [0.05, 0.1) is 28.5 Å². The first-order valence-electron chi connectivity index (χ1n) is 7.86. The molecule has 0 saturated carbocycles. The zero-order valence-corrected chi connectivity index (χ0v) is 17.0. The SMILES string of the molecule is Cc1nn(C)c2sc(-c3cc(CBr)nn3Cc3ccccc3Cl)cc12. The number of alkyl halides is 1. The molecule has 0 bridgehead atoms. The molecule has 0 aliphatic heterocycles. The smallest absolute Gasteiger partial charge is 0.121 e. The van der Waals surface area contributed by atoms with Crippen LogP contribution in [0.1, 0.15) is 17.0 Å². The molecular weight excluding hydrogens is 420 g/mol. The third kappa shape index (κ3) is 3.03. The largest absolute Gasteiger partial charge is 0.259 e. The first-order chi connectivity index (χ1) is 12.1. The highest BCUT2D eigenvalue weighted by Crippen LogP contribution is 2.35. The van der Waals surface area contributed by atoms with Crippen LogP contribution in [0.5, 0.6) is 0 Å². The molecule has 0 spiro atoms. The van der Waals surface area contributed by atoms with Crippen molar-refractivity contribution in [2.24, 2.45) is 7.05 Å². The summed E-state index contributed by atoms with van der Waals surface area (Å²) in [5.41, 5.74) is 4.23. The molecule has 25 heavy (non-hydrogen) atoms. The van der Waals surface area contributed by atoms with Crippen molar-refractivity contribution >= 4 is 49.1 Å². The van der Waals surface area contributed by atoms with Crippen molar-refractivity contribution in [2.45, 2.75) is 18.8 Å². The molecule has 7 heteroatoms. The number of thiophene rings is 1. The average molecular weight is 436 g/mol. The van der Waals surface area contributed by atoms with E-state index >= 15 is 0 Å². The molecule has 0 saturated heterocycles. The second kappa shape index (κ2) is 6.59. The number of aromatic nitrogens is 4. The van der Waals surface area contributed by atoms with Crippen molar-refractivity contribution in [2.75, 3.05) is 0 Å². The Morgan fingerprint density at radius 2 is 2.00 bits per heavy atom. The Labute approximate surface area is 163 Å². The molecule has 128 valence electrons. The lowest BCUT2D eigenvalue weighted by atomic mass is 10.2. The van der Waals surface area contributed by atoms with Crippen LogP contribution in [0.4, 0.5) is 0 Å². The van der Waals surface area contributed by atoms with Gasteiger partial charge in [-0.05, 0) is 30.7 Å². The molecule has 4 rings (SSSR count). The van der Waals surface area contributed by atoms with Gasteiger partial charge in [-0.1, -0.05) is 45.7 Å². The Balaban J connectivity index is 1.81. The average Bonchev–Trinajstić information content (AvgIpc) is 3.26. The van der Waals surface area contributed by atoms with Crippen LogP contribution in [0.2, 0.25) is 5.02 Å². The summed E-state index contributed by atoms with van der Waals surface area (Å²) < 4.78 is 3.98. The van der Waals surface area contributed by atoms with Gasteiger partial charge in [-0.2, -0.15) is 10.2 Å². The molecule has 0 amide bonds.